The molecule has 3 aromatic rings. The van der Waals surface area contributed by atoms with E-state index < -0.39 is 0 Å². The maximum atomic E-state index is 5.66. The Kier molecular flexibility index (Phi) is 4.67. The fourth-order valence-corrected chi connectivity index (χ4v) is 3.51. The van der Waals surface area contributed by atoms with Crippen molar-refractivity contribution in [1.29, 1.82) is 0 Å². The lowest BCUT2D eigenvalue weighted by molar-refractivity contribution is 0.466. The van der Waals surface area contributed by atoms with E-state index in [0.29, 0.717) is 11.1 Å². The summed E-state index contributed by atoms with van der Waals surface area (Å²) in [6.45, 7) is 2.17. The van der Waals surface area contributed by atoms with Gasteiger partial charge in [-0.15, -0.1) is 21.5 Å². The minimum Gasteiger partial charge on any atom is -0.411 e. The van der Waals surface area contributed by atoms with Crippen molar-refractivity contribution in [3.05, 3.63) is 46.4 Å². The van der Waals surface area contributed by atoms with Gasteiger partial charge < -0.3 is 4.42 Å². The van der Waals surface area contributed by atoms with Gasteiger partial charge in [-0.1, -0.05) is 36.9 Å². The third-order valence-electron chi connectivity index (χ3n) is 2.83. The average Bonchev–Trinajstić information content (AvgIpc) is 3.16. The summed E-state index contributed by atoms with van der Waals surface area (Å²) >= 11 is 3.24. The zero-order valence-electron chi connectivity index (χ0n) is 11.7. The Hall–Kier alpha value is -1.66. The molecular formula is C15H15N3OS2. The molecule has 2 aromatic heterocycles. The molecule has 21 heavy (non-hydrogen) atoms. The number of thiazole rings is 1. The second-order valence-electron chi connectivity index (χ2n) is 4.51. The van der Waals surface area contributed by atoms with Crippen molar-refractivity contribution in [2.24, 2.45) is 0 Å². The monoisotopic (exact) mass is 317 g/mol. The highest BCUT2D eigenvalue weighted by atomic mass is 32.2. The van der Waals surface area contributed by atoms with E-state index >= 15 is 0 Å². The molecule has 4 nitrogen and oxygen atoms in total. The number of benzene rings is 1. The third-order valence-corrected chi connectivity index (χ3v) is 4.64. The predicted molar refractivity (Wildman–Crippen MR) is 85.4 cm³/mol. The Morgan fingerprint density at radius 1 is 1.19 bits per heavy atom. The van der Waals surface area contributed by atoms with Crippen LogP contribution in [0.4, 0.5) is 0 Å². The number of aromatic nitrogens is 3. The quantitative estimate of drug-likeness (QED) is 0.629. The first-order chi connectivity index (χ1) is 10.3. The molecule has 1 aromatic carbocycles. The number of thioether (sulfide) groups is 1. The first-order valence-corrected chi connectivity index (χ1v) is 8.66. The summed E-state index contributed by atoms with van der Waals surface area (Å²) in [7, 11) is 0. The van der Waals surface area contributed by atoms with E-state index in [1.54, 1.807) is 11.3 Å². The minimum atomic E-state index is 0.558. The van der Waals surface area contributed by atoms with Crippen LogP contribution in [0.5, 0.6) is 0 Å². The summed E-state index contributed by atoms with van der Waals surface area (Å²) in [6.07, 6.45) is 2.18. The molecule has 6 heteroatoms. The lowest BCUT2D eigenvalue weighted by Crippen LogP contribution is -1.84. The number of hydrogen-bond acceptors (Lipinski definition) is 6. The molecule has 3 rings (SSSR count). The maximum absolute atomic E-state index is 5.66. The van der Waals surface area contributed by atoms with Gasteiger partial charge in [0.2, 0.25) is 5.89 Å². The summed E-state index contributed by atoms with van der Waals surface area (Å²) in [4.78, 5) is 4.59. The van der Waals surface area contributed by atoms with Crippen LogP contribution in [-0.2, 0) is 12.2 Å². The van der Waals surface area contributed by atoms with Crippen molar-refractivity contribution >= 4 is 23.1 Å². The smallest absolute Gasteiger partial charge is 0.277 e. The summed E-state index contributed by atoms with van der Waals surface area (Å²) in [5.74, 6) is 1.32. The lowest BCUT2D eigenvalue weighted by Gasteiger charge is -1.93. The van der Waals surface area contributed by atoms with Crippen LogP contribution < -0.4 is 0 Å². The van der Waals surface area contributed by atoms with Gasteiger partial charge in [0.25, 0.3) is 5.22 Å². The van der Waals surface area contributed by atoms with Gasteiger partial charge in [-0.2, -0.15) is 0 Å². The molecule has 0 spiro atoms. The van der Waals surface area contributed by atoms with Gasteiger partial charge in [-0.3, -0.25) is 0 Å². The zero-order chi connectivity index (χ0) is 14.5. The molecule has 0 amide bonds. The Balaban J connectivity index is 1.62. The Bertz CT molecular complexity index is 694. The fraction of sp³-hybridized carbons (Fsp3) is 0.267. The highest BCUT2D eigenvalue weighted by Crippen LogP contribution is 2.26. The molecule has 0 aliphatic rings. The second kappa shape index (κ2) is 6.87. The van der Waals surface area contributed by atoms with E-state index in [-0.39, 0.29) is 0 Å². The van der Waals surface area contributed by atoms with E-state index in [1.807, 2.05) is 30.3 Å². The molecule has 0 bridgehead atoms. The highest BCUT2D eigenvalue weighted by Gasteiger charge is 2.10. The molecule has 108 valence electrons. The average molecular weight is 317 g/mol. The third kappa shape index (κ3) is 3.71. The van der Waals surface area contributed by atoms with E-state index in [1.165, 1.54) is 16.8 Å². The fourth-order valence-electron chi connectivity index (χ4n) is 1.85. The van der Waals surface area contributed by atoms with Gasteiger partial charge in [0.15, 0.2) is 0 Å². The second-order valence-corrected chi connectivity index (χ2v) is 6.38. The first kappa shape index (κ1) is 14.3. The van der Waals surface area contributed by atoms with Crippen LogP contribution in [0.2, 0.25) is 0 Å². The minimum absolute atomic E-state index is 0.558. The Morgan fingerprint density at radius 2 is 2.05 bits per heavy atom. The topological polar surface area (TPSA) is 51.8 Å². The van der Waals surface area contributed by atoms with E-state index in [9.17, 15) is 0 Å². The van der Waals surface area contributed by atoms with Crippen LogP contribution in [0.1, 0.15) is 24.0 Å². The number of rotatable bonds is 6. The van der Waals surface area contributed by atoms with Gasteiger partial charge in [0.1, 0.15) is 0 Å². The molecule has 0 fully saturated rings. The van der Waals surface area contributed by atoms with Crippen LogP contribution in [-0.4, -0.2) is 15.2 Å². The maximum Gasteiger partial charge on any atom is 0.277 e. The zero-order valence-corrected chi connectivity index (χ0v) is 13.3. The molecule has 0 aliphatic heterocycles. The van der Waals surface area contributed by atoms with E-state index in [2.05, 4.69) is 27.5 Å². The van der Waals surface area contributed by atoms with Crippen molar-refractivity contribution in [2.45, 2.75) is 30.7 Å². The molecule has 0 saturated carbocycles. The van der Waals surface area contributed by atoms with Crippen LogP contribution >= 0.6 is 23.1 Å². The van der Waals surface area contributed by atoms with Gasteiger partial charge in [0, 0.05) is 16.7 Å². The first-order valence-electron chi connectivity index (χ1n) is 6.80. The standard InChI is InChI=1S/C15H15N3OS2/c1-2-6-13-16-12(9-20-13)10-21-15-18-17-14(19-15)11-7-4-3-5-8-11/h3-5,7-9H,2,6,10H2,1H3. The molecule has 0 N–H and O–H groups in total. The van der Waals surface area contributed by atoms with Crippen molar-refractivity contribution < 1.29 is 4.42 Å². The summed E-state index contributed by atoms with van der Waals surface area (Å²) < 4.78 is 5.66. The van der Waals surface area contributed by atoms with Crippen LogP contribution in [0.3, 0.4) is 0 Å². The molecule has 0 atom stereocenters. The van der Waals surface area contributed by atoms with Crippen LogP contribution in [0.25, 0.3) is 11.5 Å². The molecule has 0 unspecified atom stereocenters. The Morgan fingerprint density at radius 3 is 2.86 bits per heavy atom. The molecular weight excluding hydrogens is 302 g/mol. The largest absolute Gasteiger partial charge is 0.411 e. The summed E-state index contributed by atoms with van der Waals surface area (Å²) in [6, 6.07) is 9.79. The van der Waals surface area contributed by atoms with Crippen molar-refractivity contribution in [3.8, 4) is 11.5 Å². The SMILES string of the molecule is CCCc1nc(CSc2nnc(-c3ccccc3)o2)cs1. The number of hydrogen-bond donors (Lipinski definition) is 0. The molecule has 0 radical (unpaired) electrons. The lowest BCUT2D eigenvalue weighted by atomic mass is 10.2. The van der Waals surface area contributed by atoms with Gasteiger partial charge >= 0.3 is 0 Å². The normalized spacial score (nSPS) is 10.9. The van der Waals surface area contributed by atoms with E-state index in [0.717, 1.165) is 29.9 Å². The predicted octanol–water partition coefficient (Wildman–Crippen LogP) is 4.44. The summed E-state index contributed by atoms with van der Waals surface area (Å²) in [5.41, 5.74) is 2.02. The highest BCUT2D eigenvalue weighted by molar-refractivity contribution is 7.98. The van der Waals surface area contributed by atoms with Crippen molar-refractivity contribution in [3.63, 3.8) is 0 Å². The van der Waals surface area contributed by atoms with Crippen LogP contribution in [0.15, 0.2) is 45.4 Å². The number of nitrogens with zero attached hydrogens (tertiary/aromatic N) is 3. The molecule has 0 aliphatic carbocycles. The van der Waals surface area contributed by atoms with Crippen LogP contribution in [0, 0.1) is 0 Å². The Labute approximate surface area is 131 Å². The molecule has 2 heterocycles. The number of aryl methyl sites for hydroxylation is 1. The van der Waals surface area contributed by atoms with Crippen molar-refractivity contribution in [1.82, 2.24) is 15.2 Å². The van der Waals surface area contributed by atoms with Gasteiger partial charge in [-0.05, 0) is 25.0 Å². The van der Waals surface area contributed by atoms with E-state index in [4.69, 9.17) is 4.42 Å². The van der Waals surface area contributed by atoms with Gasteiger partial charge in [-0.25, -0.2) is 4.98 Å². The van der Waals surface area contributed by atoms with Gasteiger partial charge in [0.05, 0.1) is 10.7 Å². The summed E-state index contributed by atoms with van der Waals surface area (Å²) in [5, 5.41) is 12.0. The molecule has 0 saturated heterocycles. The van der Waals surface area contributed by atoms with Crippen molar-refractivity contribution in [2.75, 3.05) is 0 Å².